The lowest BCUT2D eigenvalue weighted by atomic mass is 10.1. The molecule has 1 amide bonds. The maximum absolute atomic E-state index is 12.4. The Bertz CT molecular complexity index is 927. The smallest absolute Gasteiger partial charge is 0.270 e. The van der Waals surface area contributed by atoms with Crippen LogP contribution in [0.5, 0.6) is 5.75 Å². The molecule has 3 rings (SSSR count). The molecule has 1 aromatic heterocycles. The minimum atomic E-state index is -0.575. The van der Waals surface area contributed by atoms with Crippen LogP contribution in [0, 0.1) is 10.1 Å². The number of hydrogen-bond donors (Lipinski definition) is 1. The minimum absolute atomic E-state index is 0.0492. The molecule has 0 fully saturated rings. The topological polar surface area (TPSA) is 107 Å². The number of non-ortho nitro benzene ring substituents is 1. The zero-order chi connectivity index (χ0) is 17.8. The zero-order valence-electron chi connectivity index (χ0n) is 13.0. The molecular formula is C16H12N4O4S. The highest BCUT2D eigenvalue weighted by Crippen LogP contribution is 2.28. The second-order valence-corrected chi connectivity index (χ2v) is 5.85. The Labute approximate surface area is 146 Å². The van der Waals surface area contributed by atoms with E-state index in [9.17, 15) is 14.9 Å². The molecular weight excluding hydrogens is 344 g/mol. The monoisotopic (exact) mass is 356 g/mol. The maximum atomic E-state index is 12.4. The molecule has 0 aliphatic heterocycles. The number of benzene rings is 2. The van der Waals surface area contributed by atoms with Crippen molar-refractivity contribution < 1.29 is 14.5 Å². The predicted molar refractivity (Wildman–Crippen MR) is 92.9 cm³/mol. The minimum Gasteiger partial charge on any atom is -0.496 e. The summed E-state index contributed by atoms with van der Waals surface area (Å²) in [6.07, 6.45) is 0. The average molecular weight is 356 g/mol. The van der Waals surface area contributed by atoms with Crippen molar-refractivity contribution in [1.29, 1.82) is 0 Å². The number of nitro groups is 1. The fraction of sp³-hybridized carbons (Fsp3) is 0.0625. The molecule has 3 aromatic rings. The third-order valence-corrected chi connectivity index (χ3v) is 4.19. The van der Waals surface area contributed by atoms with Gasteiger partial charge in [-0.05, 0) is 6.07 Å². The van der Waals surface area contributed by atoms with E-state index in [2.05, 4.69) is 15.5 Å². The Hall–Kier alpha value is -3.33. The van der Waals surface area contributed by atoms with Gasteiger partial charge in [-0.1, -0.05) is 41.7 Å². The van der Waals surface area contributed by atoms with Crippen molar-refractivity contribution in [1.82, 2.24) is 10.2 Å². The van der Waals surface area contributed by atoms with Crippen molar-refractivity contribution in [3.05, 3.63) is 64.2 Å². The van der Waals surface area contributed by atoms with Crippen molar-refractivity contribution in [3.8, 4) is 16.3 Å². The number of nitrogens with one attached hydrogen (secondary N) is 1. The van der Waals surface area contributed by atoms with E-state index in [0.29, 0.717) is 5.01 Å². The quantitative estimate of drug-likeness (QED) is 0.555. The highest BCUT2D eigenvalue weighted by molar-refractivity contribution is 7.18. The van der Waals surface area contributed by atoms with E-state index in [1.54, 1.807) is 0 Å². The Morgan fingerprint density at radius 3 is 2.64 bits per heavy atom. The number of methoxy groups -OCH3 is 1. The van der Waals surface area contributed by atoms with E-state index in [1.165, 1.54) is 30.6 Å². The molecule has 0 bridgehead atoms. The Morgan fingerprint density at radius 1 is 1.20 bits per heavy atom. The van der Waals surface area contributed by atoms with Crippen LogP contribution in [-0.4, -0.2) is 28.1 Å². The van der Waals surface area contributed by atoms with Gasteiger partial charge in [0.05, 0.1) is 17.6 Å². The van der Waals surface area contributed by atoms with Crippen LogP contribution in [0.25, 0.3) is 10.6 Å². The number of carbonyl (C=O) groups excluding carboxylic acids is 1. The first-order chi connectivity index (χ1) is 12.1. The molecule has 0 saturated carbocycles. The number of anilines is 1. The first-order valence-corrected chi connectivity index (χ1v) is 7.93. The fourth-order valence-electron chi connectivity index (χ4n) is 2.12. The zero-order valence-corrected chi connectivity index (χ0v) is 13.8. The van der Waals surface area contributed by atoms with Gasteiger partial charge in [0, 0.05) is 17.7 Å². The van der Waals surface area contributed by atoms with Gasteiger partial charge in [-0.2, -0.15) is 0 Å². The lowest BCUT2D eigenvalue weighted by Crippen LogP contribution is -2.13. The van der Waals surface area contributed by atoms with E-state index in [-0.39, 0.29) is 22.1 Å². The summed E-state index contributed by atoms with van der Waals surface area (Å²) in [6.45, 7) is 0. The average Bonchev–Trinajstić information content (AvgIpc) is 3.10. The molecule has 9 heteroatoms. The van der Waals surface area contributed by atoms with Crippen LogP contribution in [0.3, 0.4) is 0 Å². The molecule has 8 nitrogen and oxygen atoms in total. The molecule has 1 N–H and O–H groups in total. The third kappa shape index (κ3) is 3.61. The highest BCUT2D eigenvalue weighted by atomic mass is 32.1. The lowest BCUT2D eigenvalue weighted by molar-refractivity contribution is -0.384. The Morgan fingerprint density at radius 2 is 1.96 bits per heavy atom. The van der Waals surface area contributed by atoms with Crippen LogP contribution < -0.4 is 10.1 Å². The van der Waals surface area contributed by atoms with Crippen LogP contribution in [0.4, 0.5) is 10.8 Å². The van der Waals surface area contributed by atoms with Gasteiger partial charge in [-0.15, -0.1) is 10.2 Å². The van der Waals surface area contributed by atoms with Gasteiger partial charge in [0.1, 0.15) is 10.8 Å². The summed E-state index contributed by atoms with van der Waals surface area (Å²) in [5.41, 5.74) is 0.731. The van der Waals surface area contributed by atoms with Gasteiger partial charge < -0.3 is 4.74 Å². The molecule has 25 heavy (non-hydrogen) atoms. The van der Waals surface area contributed by atoms with Gasteiger partial charge in [-0.25, -0.2) is 0 Å². The number of hydrogen-bond acceptors (Lipinski definition) is 7. The first kappa shape index (κ1) is 16.5. The second-order valence-electron chi connectivity index (χ2n) is 4.87. The number of aromatic nitrogens is 2. The standard InChI is InChI=1S/C16H12N4O4S/c1-24-13-8-7-11(20(22)23)9-12(13)14(21)17-16-19-18-15(25-16)10-5-3-2-4-6-10/h2-9H,1H3,(H,17,19,21). The van der Waals surface area contributed by atoms with Crippen LogP contribution >= 0.6 is 11.3 Å². The maximum Gasteiger partial charge on any atom is 0.270 e. The molecule has 126 valence electrons. The number of amides is 1. The third-order valence-electron chi connectivity index (χ3n) is 3.30. The van der Waals surface area contributed by atoms with E-state index >= 15 is 0 Å². The van der Waals surface area contributed by atoms with Gasteiger partial charge in [0.25, 0.3) is 11.6 Å². The fourth-order valence-corrected chi connectivity index (χ4v) is 2.87. The first-order valence-electron chi connectivity index (χ1n) is 7.11. The molecule has 0 atom stereocenters. The summed E-state index contributed by atoms with van der Waals surface area (Å²) in [4.78, 5) is 22.8. The number of rotatable bonds is 5. The van der Waals surface area contributed by atoms with Crippen molar-refractivity contribution in [3.63, 3.8) is 0 Å². The molecule has 2 aromatic carbocycles. The van der Waals surface area contributed by atoms with Crippen LogP contribution in [-0.2, 0) is 0 Å². The van der Waals surface area contributed by atoms with Crippen LogP contribution in [0.2, 0.25) is 0 Å². The SMILES string of the molecule is COc1ccc([N+](=O)[O-])cc1C(=O)Nc1nnc(-c2ccccc2)s1. The second kappa shape index (κ2) is 7.05. The number of nitro benzene ring substituents is 1. The summed E-state index contributed by atoms with van der Waals surface area (Å²) < 4.78 is 5.10. The van der Waals surface area contributed by atoms with Crippen LogP contribution in [0.15, 0.2) is 48.5 Å². The van der Waals surface area contributed by atoms with Gasteiger partial charge in [0.2, 0.25) is 5.13 Å². The number of ether oxygens (including phenoxy) is 1. The van der Waals surface area contributed by atoms with Gasteiger partial charge >= 0.3 is 0 Å². The summed E-state index contributed by atoms with van der Waals surface area (Å²) in [5.74, 6) is -0.327. The number of carbonyl (C=O) groups is 1. The Balaban J connectivity index is 1.84. The van der Waals surface area contributed by atoms with Gasteiger partial charge in [0.15, 0.2) is 0 Å². The normalized spacial score (nSPS) is 10.3. The Kier molecular flexibility index (Phi) is 4.66. The molecule has 0 radical (unpaired) electrons. The summed E-state index contributed by atoms with van der Waals surface area (Å²) >= 11 is 1.20. The van der Waals surface area contributed by atoms with E-state index in [0.717, 1.165) is 11.6 Å². The molecule has 0 aliphatic carbocycles. The molecule has 0 spiro atoms. The van der Waals surface area contributed by atoms with E-state index < -0.39 is 10.8 Å². The number of nitrogens with zero attached hydrogens (tertiary/aromatic N) is 3. The molecule has 0 saturated heterocycles. The van der Waals surface area contributed by atoms with E-state index in [1.807, 2.05) is 30.3 Å². The van der Waals surface area contributed by atoms with Crippen molar-refractivity contribution in [2.75, 3.05) is 12.4 Å². The summed E-state index contributed by atoms with van der Waals surface area (Å²) in [6, 6.07) is 13.2. The van der Waals surface area contributed by atoms with Crippen LogP contribution in [0.1, 0.15) is 10.4 Å². The van der Waals surface area contributed by atoms with Crippen molar-refractivity contribution in [2.24, 2.45) is 0 Å². The van der Waals surface area contributed by atoms with Crippen molar-refractivity contribution >= 4 is 28.1 Å². The molecule has 1 heterocycles. The molecule has 0 aliphatic rings. The molecule has 0 unspecified atom stereocenters. The van der Waals surface area contributed by atoms with Gasteiger partial charge in [-0.3, -0.25) is 20.2 Å². The predicted octanol–water partition coefficient (Wildman–Crippen LogP) is 3.37. The largest absolute Gasteiger partial charge is 0.496 e. The highest BCUT2D eigenvalue weighted by Gasteiger charge is 2.19. The summed E-state index contributed by atoms with van der Waals surface area (Å²) in [7, 11) is 1.39. The summed E-state index contributed by atoms with van der Waals surface area (Å²) in [5, 5.41) is 22.4. The van der Waals surface area contributed by atoms with Crippen molar-refractivity contribution in [2.45, 2.75) is 0 Å². The lowest BCUT2D eigenvalue weighted by Gasteiger charge is -2.07. The van der Waals surface area contributed by atoms with E-state index in [4.69, 9.17) is 4.74 Å².